The molecule has 31 heavy (non-hydrogen) atoms. The topological polar surface area (TPSA) is 118 Å². The van der Waals surface area contributed by atoms with Gasteiger partial charge in [-0.2, -0.15) is 0 Å². The molecule has 0 saturated carbocycles. The number of hydrogen-bond acceptors (Lipinski definition) is 8. The lowest BCUT2D eigenvalue weighted by Gasteiger charge is -2.34. The lowest BCUT2D eigenvalue weighted by Crippen LogP contribution is -2.51. The first-order chi connectivity index (χ1) is 15.0. The largest absolute Gasteiger partial charge is 0.450 e. The standard InChI is InChI=1S/C19H19ClN6O5/c1-2-30-18(28)24-7-9-25(10-8-24)19(29)31-17-15-14(21-5-6-22-15)16(27)26(17)13-4-3-12(20)11-23-13/h3-6,11,17H,2,7-10H2,1H3/t17-/m1/s1. The van der Waals surface area contributed by atoms with Crippen LogP contribution in [0.2, 0.25) is 5.02 Å². The summed E-state index contributed by atoms with van der Waals surface area (Å²) in [5.74, 6) is -0.234. The number of halogens is 1. The molecular weight excluding hydrogens is 428 g/mol. The monoisotopic (exact) mass is 446 g/mol. The Balaban J connectivity index is 1.51. The van der Waals surface area contributed by atoms with Crippen LogP contribution in [0.3, 0.4) is 0 Å². The van der Waals surface area contributed by atoms with Gasteiger partial charge in [-0.3, -0.25) is 9.78 Å². The second-order valence-electron chi connectivity index (χ2n) is 6.71. The maximum Gasteiger partial charge on any atom is 0.412 e. The molecule has 1 saturated heterocycles. The number of piperazine rings is 1. The van der Waals surface area contributed by atoms with Gasteiger partial charge in [-0.1, -0.05) is 11.6 Å². The molecule has 4 rings (SSSR count). The molecule has 4 heterocycles. The van der Waals surface area contributed by atoms with Crippen LogP contribution in [0.15, 0.2) is 30.7 Å². The highest BCUT2D eigenvalue weighted by atomic mass is 35.5. The zero-order valence-corrected chi connectivity index (χ0v) is 17.4. The Morgan fingerprint density at radius 2 is 1.74 bits per heavy atom. The fourth-order valence-corrected chi connectivity index (χ4v) is 3.45. The SMILES string of the molecule is CCOC(=O)N1CCN(C(=O)O[C@@H]2c3nccnc3C(=O)N2c2ccc(Cl)cn2)CC1. The van der Waals surface area contributed by atoms with E-state index in [-0.39, 0.29) is 36.9 Å². The third-order valence-corrected chi connectivity index (χ3v) is 5.07. The summed E-state index contributed by atoms with van der Waals surface area (Å²) in [7, 11) is 0. The maximum atomic E-state index is 12.9. The molecule has 2 aliphatic heterocycles. The van der Waals surface area contributed by atoms with E-state index in [1.54, 1.807) is 19.1 Å². The Kier molecular flexibility index (Phi) is 5.85. The molecule has 0 unspecified atom stereocenters. The molecule has 11 nitrogen and oxygen atoms in total. The minimum absolute atomic E-state index is 0.0872. The Hall–Kier alpha value is -3.47. The van der Waals surface area contributed by atoms with Crippen molar-refractivity contribution in [3.8, 4) is 0 Å². The lowest BCUT2D eigenvalue weighted by molar-refractivity contribution is 0.0402. The van der Waals surface area contributed by atoms with Gasteiger partial charge in [0.2, 0.25) is 6.23 Å². The van der Waals surface area contributed by atoms with Crippen LogP contribution in [0, 0.1) is 0 Å². The molecule has 1 atom stereocenters. The molecule has 0 bridgehead atoms. The van der Waals surface area contributed by atoms with Crippen LogP contribution in [-0.4, -0.2) is 75.6 Å². The molecule has 0 spiro atoms. The molecular formula is C19H19ClN6O5. The molecule has 2 aromatic rings. The fourth-order valence-electron chi connectivity index (χ4n) is 3.34. The van der Waals surface area contributed by atoms with Gasteiger partial charge in [-0.15, -0.1) is 0 Å². The quantitative estimate of drug-likeness (QED) is 0.703. The van der Waals surface area contributed by atoms with Gasteiger partial charge < -0.3 is 19.3 Å². The third kappa shape index (κ3) is 4.08. The molecule has 0 radical (unpaired) electrons. The molecule has 3 amide bonds. The fraction of sp³-hybridized carbons (Fsp3) is 0.368. The van der Waals surface area contributed by atoms with Crippen molar-refractivity contribution in [1.29, 1.82) is 0 Å². The van der Waals surface area contributed by atoms with Gasteiger partial charge in [-0.05, 0) is 19.1 Å². The van der Waals surface area contributed by atoms with Gasteiger partial charge in [0.05, 0.1) is 11.6 Å². The number of anilines is 1. The van der Waals surface area contributed by atoms with E-state index in [1.807, 2.05) is 0 Å². The summed E-state index contributed by atoms with van der Waals surface area (Å²) in [6, 6.07) is 3.12. The highest BCUT2D eigenvalue weighted by Crippen LogP contribution is 2.35. The Morgan fingerprint density at radius 3 is 2.39 bits per heavy atom. The summed E-state index contributed by atoms with van der Waals surface area (Å²) < 4.78 is 10.7. The number of aromatic nitrogens is 3. The van der Waals surface area contributed by atoms with E-state index in [9.17, 15) is 14.4 Å². The zero-order valence-electron chi connectivity index (χ0n) is 16.6. The van der Waals surface area contributed by atoms with E-state index in [4.69, 9.17) is 21.1 Å². The van der Waals surface area contributed by atoms with E-state index in [0.29, 0.717) is 18.1 Å². The van der Waals surface area contributed by atoms with Crippen molar-refractivity contribution in [3.63, 3.8) is 0 Å². The van der Waals surface area contributed by atoms with Gasteiger partial charge in [0.1, 0.15) is 11.5 Å². The predicted molar refractivity (Wildman–Crippen MR) is 107 cm³/mol. The molecule has 0 aromatic carbocycles. The summed E-state index contributed by atoms with van der Waals surface area (Å²) in [5, 5.41) is 0.400. The molecule has 2 aromatic heterocycles. The summed E-state index contributed by atoms with van der Waals surface area (Å²) in [5.41, 5.74) is 0.312. The number of fused-ring (bicyclic) bond motifs is 1. The highest BCUT2D eigenvalue weighted by Gasteiger charge is 2.44. The van der Waals surface area contributed by atoms with Crippen LogP contribution in [0.4, 0.5) is 15.4 Å². The first-order valence-corrected chi connectivity index (χ1v) is 10.0. The Bertz CT molecular complexity index is 996. The van der Waals surface area contributed by atoms with Crippen molar-refractivity contribution in [3.05, 3.63) is 47.1 Å². The number of nitrogens with zero attached hydrogens (tertiary/aromatic N) is 6. The smallest absolute Gasteiger partial charge is 0.412 e. The second-order valence-corrected chi connectivity index (χ2v) is 7.15. The average Bonchev–Trinajstić information content (AvgIpc) is 3.06. The summed E-state index contributed by atoms with van der Waals surface area (Å²) in [6.07, 6.45) is 2.02. The molecule has 162 valence electrons. The molecule has 0 aliphatic carbocycles. The van der Waals surface area contributed by atoms with Crippen LogP contribution >= 0.6 is 11.6 Å². The van der Waals surface area contributed by atoms with E-state index < -0.39 is 24.3 Å². The summed E-state index contributed by atoms with van der Waals surface area (Å²) >= 11 is 5.90. The van der Waals surface area contributed by atoms with Crippen molar-refractivity contribution in [1.82, 2.24) is 24.8 Å². The number of carbonyl (C=O) groups excluding carboxylic acids is 3. The molecule has 12 heteroatoms. The Morgan fingerprint density at radius 1 is 1.06 bits per heavy atom. The van der Waals surface area contributed by atoms with Crippen molar-refractivity contribution >= 4 is 35.5 Å². The average molecular weight is 447 g/mol. The van der Waals surface area contributed by atoms with Gasteiger partial charge in [-0.25, -0.2) is 24.5 Å². The van der Waals surface area contributed by atoms with Gasteiger partial charge >= 0.3 is 12.2 Å². The normalized spacial score (nSPS) is 18.1. The van der Waals surface area contributed by atoms with E-state index in [1.165, 1.54) is 33.3 Å². The van der Waals surface area contributed by atoms with Crippen LogP contribution in [-0.2, 0) is 9.47 Å². The predicted octanol–water partition coefficient (Wildman–Crippen LogP) is 2.09. The highest BCUT2D eigenvalue weighted by molar-refractivity contribution is 6.30. The number of hydrogen-bond donors (Lipinski definition) is 0. The van der Waals surface area contributed by atoms with E-state index in [2.05, 4.69) is 15.0 Å². The molecule has 1 fully saturated rings. The van der Waals surface area contributed by atoms with E-state index >= 15 is 0 Å². The minimum Gasteiger partial charge on any atom is -0.450 e. The van der Waals surface area contributed by atoms with E-state index in [0.717, 1.165) is 0 Å². The first-order valence-electron chi connectivity index (χ1n) is 9.63. The maximum absolute atomic E-state index is 12.9. The summed E-state index contributed by atoms with van der Waals surface area (Å²) in [6.45, 7) is 3.19. The van der Waals surface area contributed by atoms with Crippen molar-refractivity contribution in [2.45, 2.75) is 13.2 Å². The van der Waals surface area contributed by atoms with Crippen molar-refractivity contribution in [2.75, 3.05) is 37.7 Å². The minimum atomic E-state index is -1.12. The van der Waals surface area contributed by atoms with Crippen LogP contribution in [0.5, 0.6) is 0 Å². The number of carbonyl (C=O) groups is 3. The van der Waals surface area contributed by atoms with Crippen LogP contribution in [0.25, 0.3) is 0 Å². The number of ether oxygens (including phenoxy) is 2. The zero-order chi connectivity index (χ0) is 22.0. The third-order valence-electron chi connectivity index (χ3n) is 4.85. The lowest BCUT2D eigenvalue weighted by atomic mass is 10.3. The number of pyridine rings is 1. The Labute approximate surface area is 182 Å². The second kappa shape index (κ2) is 8.72. The van der Waals surface area contributed by atoms with Crippen molar-refractivity contribution < 1.29 is 23.9 Å². The molecule has 0 N–H and O–H groups in total. The van der Waals surface area contributed by atoms with Gasteiger partial charge in [0.25, 0.3) is 5.91 Å². The number of amides is 3. The van der Waals surface area contributed by atoms with Crippen molar-refractivity contribution in [2.24, 2.45) is 0 Å². The number of rotatable bonds is 3. The van der Waals surface area contributed by atoms with Gasteiger partial charge in [0, 0.05) is 44.8 Å². The van der Waals surface area contributed by atoms with Crippen LogP contribution < -0.4 is 4.90 Å². The summed E-state index contributed by atoms with van der Waals surface area (Å²) in [4.78, 5) is 54.2. The first kappa shape index (κ1) is 20.8. The van der Waals surface area contributed by atoms with Crippen LogP contribution in [0.1, 0.15) is 29.3 Å². The van der Waals surface area contributed by atoms with Gasteiger partial charge in [0.15, 0.2) is 5.69 Å². The molecule has 2 aliphatic rings.